The van der Waals surface area contributed by atoms with Gasteiger partial charge in [-0.15, -0.1) is 0 Å². The van der Waals surface area contributed by atoms with Crippen molar-refractivity contribution in [1.29, 1.82) is 0 Å². The molecule has 0 saturated heterocycles. The molecule has 3 atom stereocenters. The molecule has 3 heteroatoms. The van der Waals surface area contributed by atoms with Gasteiger partial charge in [-0.2, -0.15) is 0 Å². The summed E-state index contributed by atoms with van der Waals surface area (Å²) in [5, 5.41) is 0. The summed E-state index contributed by atoms with van der Waals surface area (Å²) in [6.07, 6.45) is 14.1. The smallest absolute Gasteiger partial charge is 0.147 e. The molecule has 0 aromatic rings. The largest absolute Gasteiger partial charge is 0.382 e. The monoisotopic (exact) mass is 306 g/mol. The Hall–Kier alpha value is -0.640. The van der Waals surface area contributed by atoms with Crippen LogP contribution in [0, 0.1) is 11.3 Å². The second kappa shape index (κ2) is 7.29. The average Bonchev–Trinajstić information content (AvgIpc) is 2.55. The molecule has 3 aliphatic rings. The van der Waals surface area contributed by atoms with Gasteiger partial charge >= 0.3 is 0 Å². The number of allylic oxidation sites excluding steroid dienone is 3. The summed E-state index contributed by atoms with van der Waals surface area (Å²) in [5.41, 5.74) is 3.71. The van der Waals surface area contributed by atoms with E-state index in [0.29, 0.717) is 31.5 Å². The van der Waals surface area contributed by atoms with Crippen molar-refractivity contribution < 1.29 is 14.2 Å². The molecule has 3 rings (SSSR count). The molecular weight excluding hydrogens is 276 g/mol. The third-order valence-electron chi connectivity index (χ3n) is 5.91. The lowest BCUT2D eigenvalue weighted by atomic mass is 9.56. The average molecular weight is 306 g/mol. The van der Waals surface area contributed by atoms with Crippen molar-refractivity contribution in [2.75, 3.05) is 27.1 Å². The van der Waals surface area contributed by atoms with E-state index in [1.807, 2.05) is 0 Å². The zero-order valence-corrected chi connectivity index (χ0v) is 14.1. The fourth-order valence-electron chi connectivity index (χ4n) is 4.52. The maximum Gasteiger partial charge on any atom is 0.147 e. The third kappa shape index (κ3) is 3.32. The van der Waals surface area contributed by atoms with Gasteiger partial charge in [0, 0.05) is 7.11 Å². The standard InChI is InChI=1S/C19H30O3/c1-19-10-9-17(22-14-21-12-11-20-2)13-16(19)8-7-15-5-3-4-6-18(15)19/h7-8,17-18H,3-6,9-14H2,1-2H3/t17-,18+,19+/m0/s1. The molecule has 124 valence electrons. The Bertz CT molecular complexity index is 440. The van der Waals surface area contributed by atoms with Crippen molar-refractivity contribution in [1.82, 2.24) is 0 Å². The minimum absolute atomic E-state index is 0.320. The molecule has 22 heavy (non-hydrogen) atoms. The Labute approximate surface area is 134 Å². The van der Waals surface area contributed by atoms with Crippen molar-refractivity contribution in [3.63, 3.8) is 0 Å². The van der Waals surface area contributed by atoms with Crippen molar-refractivity contribution in [3.05, 3.63) is 23.3 Å². The molecule has 3 nitrogen and oxygen atoms in total. The summed E-state index contributed by atoms with van der Waals surface area (Å²) in [6.45, 7) is 4.12. The Balaban J connectivity index is 1.56. The lowest BCUT2D eigenvalue weighted by molar-refractivity contribution is -0.107. The summed E-state index contributed by atoms with van der Waals surface area (Å²) in [4.78, 5) is 0. The SMILES string of the molecule is COCCOCO[C@H]1CC[C@]2(C)C(=CC=C3CCCC[C@H]32)C1. The number of fused-ring (bicyclic) bond motifs is 3. The Morgan fingerprint density at radius 2 is 2.09 bits per heavy atom. The molecule has 0 heterocycles. The van der Waals surface area contributed by atoms with E-state index < -0.39 is 0 Å². The van der Waals surface area contributed by atoms with Gasteiger partial charge in [-0.25, -0.2) is 0 Å². The Kier molecular flexibility index (Phi) is 5.37. The molecule has 0 radical (unpaired) electrons. The summed E-state index contributed by atoms with van der Waals surface area (Å²) >= 11 is 0. The third-order valence-corrected chi connectivity index (χ3v) is 5.91. The quantitative estimate of drug-likeness (QED) is 0.542. The zero-order valence-electron chi connectivity index (χ0n) is 14.1. The van der Waals surface area contributed by atoms with Gasteiger partial charge in [0.25, 0.3) is 0 Å². The predicted octanol–water partition coefficient (Wildman–Crippen LogP) is 4.24. The molecule has 0 spiro atoms. The van der Waals surface area contributed by atoms with Crippen LogP contribution in [-0.4, -0.2) is 33.2 Å². The molecule has 3 aliphatic carbocycles. The van der Waals surface area contributed by atoms with Gasteiger partial charge in [0.15, 0.2) is 0 Å². The van der Waals surface area contributed by atoms with Crippen LogP contribution >= 0.6 is 0 Å². The molecule has 2 fully saturated rings. The van der Waals surface area contributed by atoms with E-state index in [0.717, 1.165) is 18.8 Å². The highest BCUT2D eigenvalue weighted by molar-refractivity contribution is 5.35. The molecule has 0 unspecified atom stereocenters. The van der Waals surface area contributed by atoms with Crippen LogP contribution in [0.1, 0.15) is 51.9 Å². The molecular formula is C19H30O3. The Morgan fingerprint density at radius 1 is 1.18 bits per heavy atom. The summed E-state index contributed by atoms with van der Waals surface area (Å²) < 4.78 is 16.3. The first-order valence-corrected chi connectivity index (χ1v) is 8.82. The van der Waals surface area contributed by atoms with Crippen LogP contribution in [0.15, 0.2) is 23.3 Å². The highest BCUT2D eigenvalue weighted by Crippen LogP contribution is 2.55. The minimum atomic E-state index is 0.320. The highest BCUT2D eigenvalue weighted by Gasteiger charge is 2.44. The van der Waals surface area contributed by atoms with Crippen LogP contribution in [0.3, 0.4) is 0 Å². The van der Waals surface area contributed by atoms with E-state index >= 15 is 0 Å². The van der Waals surface area contributed by atoms with Crippen molar-refractivity contribution in [2.24, 2.45) is 11.3 Å². The number of hydrogen-bond donors (Lipinski definition) is 0. The zero-order chi connectivity index (χ0) is 15.4. The molecule has 0 bridgehead atoms. The van der Waals surface area contributed by atoms with Crippen LogP contribution in [-0.2, 0) is 14.2 Å². The number of methoxy groups -OCH3 is 1. The fraction of sp³-hybridized carbons (Fsp3) is 0.789. The van der Waals surface area contributed by atoms with Crippen molar-refractivity contribution in [2.45, 2.75) is 58.0 Å². The van der Waals surface area contributed by atoms with Crippen LogP contribution < -0.4 is 0 Å². The van der Waals surface area contributed by atoms with E-state index in [9.17, 15) is 0 Å². The van der Waals surface area contributed by atoms with Crippen molar-refractivity contribution in [3.8, 4) is 0 Å². The second-order valence-corrected chi connectivity index (χ2v) is 7.20. The lowest BCUT2D eigenvalue weighted by Gasteiger charge is -2.49. The van der Waals surface area contributed by atoms with E-state index in [4.69, 9.17) is 14.2 Å². The van der Waals surface area contributed by atoms with E-state index in [1.165, 1.54) is 32.1 Å². The van der Waals surface area contributed by atoms with Gasteiger partial charge in [0.05, 0.1) is 19.3 Å². The molecule has 0 N–H and O–H groups in total. The van der Waals surface area contributed by atoms with E-state index in [1.54, 1.807) is 18.3 Å². The van der Waals surface area contributed by atoms with Gasteiger partial charge < -0.3 is 14.2 Å². The van der Waals surface area contributed by atoms with Crippen molar-refractivity contribution >= 4 is 0 Å². The molecule has 0 aliphatic heterocycles. The second-order valence-electron chi connectivity index (χ2n) is 7.20. The van der Waals surface area contributed by atoms with Crippen LogP contribution in [0.5, 0.6) is 0 Å². The molecule has 0 aromatic heterocycles. The first-order valence-electron chi connectivity index (χ1n) is 8.82. The topological polar surface area (TPSA) is 27.7 Å². The Morgan fingerprint density at radius 3 is 2.95 bits per heavy atom. The van der Waals surface area contributed by atoms with E-state index in [-0.39, 0.29) is 0 Å². The minimum Gasteiger partial charge on any atom is -0.382 e. The van der Waals surface area contributed by atoms with Crippen LogP contribution in [0.4, 0.5) is 0 Å². The van der Waals surface area contributed by atoms with Gasteiger partial charge in [0.1, 0.15) is 6.79 Å². The lowest BCUT2D eigenvalue weighted by Crippen LogP contribution is -2.40. The first kappa shape index (κ1) is 16.2. The van der Waals surface area contributed by atoms with Gasteiger partial charge in [-0.3, -0.25) is 0 Å². The molecule has 0 aromatic carbocycles. The van der Waals surface area contributed by atoms with Crippen LogP contribution in [0.25, 0.3) is 0 Å². The number of ether oxygens (including phenoxy) is 3. The molecule has 2 saturated carbocycles. The van der Waals surface area contributed by atoms with Crippen LogP contribution in [0.2, 0.25) is 0 Å². The summed E-state index contributed by atoms with van der Waals surface area (Å²) in [5.74, 6) is 0.792. The predicted molar refractivity (Wildman–Crippen MR) is 87.7 cm³/mol. The maximum absolute atomic E-state index is 5.92. The normalized spacial score (nSPS) is 34.5. The fourth-order valence-corrected chi connectivity index (χ4v) is 4.52. The molecule has 0 amide bonds. The van der Waals surface area contributed by atoms with Gasteiger partial charge in [0.2, 0.25) is 0 Å². The number of hydrogen-bond acceptors (Lipinski definition) is 3. The first-order chi connectivity index (χ1) is 10.7. The number of rotatable bonds is 6. The van der Waals surface area contributed by atoms with Gasteiger partial charge in [-0.1, -0.05) is 36.6 Å². The summed E-state index contributed by atoms with van der Waals surface area (Å²) in [7, 11) is 1.69. The van der Waals surface area contributed by atoms with E-state index in [2.05, 4.69) is 19.1 Å². The van der Waals surface area contributed by atoms with Gasteiger partial charge in [-0.05, 0) is 49.9 Å². The highest BCUT2D eigenvalue weighted by atomic mass is 16.7. The maximum atomic E-state index is 5.92. The summed E-state index contributed by atoms with van der Waals surface area (Å²) in [6, 6.07) is 0.